The highest BCUT2D eigenvalue weighted by Crippen LogP contribution is 2.41. The summed E-state index contributed by atoms with van der Waals surface area (Å²) < 4.78 is 1.83. The van der Waals surface area contributed by atoms with E-state index in [9.17, 15) is 4.79 Å². The Hall–Kier alpha value is -3.15. The second-order valence-corrected chi connectivity index (χ2v) is 8.09. The molecular weight excluding hydrogens is 362 g/mol. The number of hydrogen-bond acceptors (Lipinski definition) is 3. The quantitative estimate of drug-likeness (QED) is 0.555. The molecule has 1 saturated carbocycles. The Morgan fingerprint density at radius 1 is 1.17 bits per heavy atom. The maximum absolute atomic E-state index is 12.0. The Balaban J connectivity index is 1.56. The Kier molecular flexibility index (Phi) is 4.34. The molecule has 29 heavy (non-hydrogen) atoms. The molecule has 0 spiro atoms. The fourth-order valence-electron chi connectivity index (χ4n) is 4.77. The first-order valence-corrected chi connectivity index (χ1v) is 10.2. The lowest BCUT2D eigenvalue weighted by Gasteiger charge is -2.27. The summed E-state index contributed by atoms with van der Waals surface area (Å²) >= 11 is 0. The van der Waals surface area contributed by atoms with Gasteiger partial charge < -0.3 is 10.3 Å². The van der Waals surface area contributed by atoms with E-state index < -0.39 is 0 Å². The molecule has 148 valence electrons. The number of amides is 1. The van der Waals surface area contributed by atoms with Gasteiger partial charge in [-0.15, -0.1) is 0 Å². The highest BCUT2D eigenvalue weighted by Gasteiger charge is 2.28. The minimum absolute atomic E-state index is 0.147. The smallest absolute Gasteiger partial charge is 0.222 e. The van der Waals surface area contributed by atoms with Crippen molar-refractivity contribution in [2.45, 2.75) is 31.6 Å². The Labute approximate surface area is 169 Å². The van der Waals surface area contributed by atoms with Crippen molar-refractivity contribution in [1.82, 2.24) is 25.1 Å². The molecule has 1 amide bonds. The van der Waals surface area contributed by atoms with Crippen LogP contribution in [-0.2, 0) is 11.8 Å². The molecular formula is C23H25N5O. The highest BCUT2D eigenvalue weighted by atomic mass is 16.1. The third-order valence-corrected chi connectivity index (χ3v) is 6.37. The lowest BCUT2D eigenvalue weighted by atomic mass is 9.78. The number of hydrogen-bond donors (Lipinski definition) is 2. The summed E-state index contributed by atoms with van der Waals surface area (Å²) in [6.45, 7) is 0. The van der Waals surface area contributed by atoms with Gasteiger partial charge in [0.05, 0.1) is 6.20 Å². The van der Waals surface area contributed by atoms with Gasteiger partial charge in [0.1, 0.15) is 5.65 Å². The minimum Gasteiger partial charge on any atom is -0.359 e. The summed E-state index contributed by atoms with van der Waals surface area (Å²) in [4.78, 5) is 20.0. The zero-order chi connectivity index (χ0) is 20.0. The first-order valence-electron chi connectivity index (χ1n) is 10.2. The molecule has 1 aromatic carbocycles. The van der Waals surface area contributed by atoms with Crippen LogP contribution in [0, 0.1) is 5.92 Å². The van der Waals surface area contributed by atoms with Gasteiger partial charge in [-0.25, -0.2) is 4.98 Å². The van der Waals surface area contributed by atoms with Crippen LogP contribution in [0.1, 0.15) is 37.2 Å². The summed E-state index contributed by atoms with van der Waals surface area (Å²) in [5, 5.41) is 10.7. The molecule has 1 fully saturated rings. The van der Waals surface area contributed by atoms with E-state index in [1.807, 2.05) is 30.3 Å². The van der Waals surface area contributed by atoms with E-state index in [0.717, 1.165) is 47.8 Å². The Bertz CT molecular complexity index is 1200. The normalized spacial score (nSPS) is 19.7. The molecule has 0 saturated heterocycles. The van der Waals surface area contributed by atoms with Crippen molar-refractivity contribution in [3.8, 4) is 11.1 Å². The van der Waals surface area contributed by atoms with Gasteiger partial charge in [0.15, 0.2) is 0 Å². The van der Waals surface area contributed by atoms with E-state index in [0.29, 0.717) is 5.92 Å². The standard InChI is InChI=1S/C23H25N5O/c1-24-23(29)15-5-3-14(4-6-15)20-12-26-22-21(20)19-9-16(7-8-17(19)10-25-22)18-11-27-28(2)13-18/h7-15H,3-6H2,1-2H3,(H,24,29)(H,25,26). The summed E-state index contributed by atoms with van der Waals surface area (Å²) in [7, 11) is 3.66. The molecule has 0 atom stereocenters. The number of benzene rings is 1. The van der Waals surface area contributed by atoms with Crippen LogP contribution in [0.4, 0.5) is 0 Å². The number of pyridine rings is 1. The van der Waals surface area contributed by atoms with Crippen LogP contribution in [0.25, 0.3) is 32.9 Å². The highest BCUT2D eigenvalue weighted by molar-refractivity contribution is 6.08. The van der Waals surface area contributed by atoms with Crippen LogP contribution in [0.2, 0.25) is 0 Å². The molecule has 0 unspecified atom stereocenters. The maximum atomic E-state index is 12.0. The molecule has 0 aliphatic heterocycles. The molecule has 1 aliphatic rings. The lowest BCUT2D eigenvalue weighted by molar-refractivity contribution is -0.125. The number of aryl methyl sites for hydroxylation is 1. The molecule has 0 radical (unpaired) electrons. The third kappa shape index (κ3) is 3.09. The number of aromatic amines is 1. The van der Waals surface area contributed by atoms with Crippen molar-refractivity contribution >= 4 is 27.7 Å². The number of nitrogens with zero attached hydrogens (tertiary/aromatic N) is 3. The van der Waals surface area contributed by atoms with E-state index >= 15 is 0 Å². The number of rotatable bonds is 3. The predicted octanol–water partition coefficient (Wildman–Crippen LogP) is 4.14. The first kappa shape index (κ1) is 17.9. The van der Waals surface area contributed by atoms with Crippen molar-refractivity contribution in [3.63, 3.8) is 0 Å². The van der Waals surface area contributed by atoms with Gasteiger partial charge in [0.2, 0.25) is 5.91 Å². The van der Waals surface area contributed by atoms with Crippen LogP contribution in [0.3, 0.4) is 0 Å². The van der Waals surface area contributed by atoms with Crippen molar-refractivity contribution in [2.24, 2.45) is 13.0 Å². The van der Waals surface area contributed by atoms with E-state index in [1.54, 1.807) is 7.05 Å². The minimum atomic E-state index is 0.147. The van der Waals surface area contributed by atoms with E-state index in [2.05, 4.69) is 44.8 Å². The zero-order valence-electron chi connectivity index (χ0n) is 16.8. The fourth-order valence-corrected chi connectivity index (χ4v) is 4.77. The number of H-pyrrole nitrogens is 1. The van der Waals surface area contributed by atoms with Gasteiger partial charge in [-0.05, 0) is 54.2 Å². The monoisotopic (exact) mass is 387 g/mol. The van der Waals surface area contributed by atoms with Crippen LogP contribution < -0.4 is 5.32 Å². The average molecular weight is 387 g/mol. The van der Waals surface area contributed by atoms with Crippen molar-refractivity contribution in [3.05, 3.63) is 48.5 Å². The van der Waals surface area contributed by atoms with Gasteiger partial charge in [-0.3, -0.25) is 9.48 Å². The summed E-state index contributed by atoms with van der Waals surface area (Å²) in [5.41, 5.74) is 4.54. The molecule has 6 nitrogen and oxygen atoms in total. The topological polar surface area (TPSA) is 75.6 Å². The predicted molar refractivity (Wildman–Crippen MR) is 115 cm³/mol. The van der Waals surface area contributed by atoms with Crippen LogP contribution in [0.5, 0.6) is 0 Å². The van der Waals surface area contributed by atoms with Gasteiger partial charge in [-0.2, -0.15) is 5.10 Å². The van der Waals surface area contributed by atoms with Gasteiger partial charge >= 0.3 is 0 Å². The van der Waals surface area contributed by atoms with E-state index in [4.69, 9.17) is 0 Å². The number of fused-ring (bicyclic) bond motifs is 3. The second-order valence-electron chi connectivity index (χ2n) is 8.09. The Morgan fingerprint density at radius 3 is 2.72 bits per heavy atom. The largest absolute Gasteiger partial charge is 0.359 e. The number of carbonyl (C=O) groups is 1. The SMILES string of the molecule is CNC(=O)C1CCC(c2c[nH]c3ncc4ccc(-c5cnn(C)c5)cc4c23)CC1. The first-order chi connectivity index (χ1) is 14.1. The molecule has 5 rings (SSSR count). The molecule has 4 aromatic rings. The molecule has 3 heterocycles. The number of carbonyl (C=O) groups excluding carboxylic acids is 1. The van der Waals surface area contributed by atoms with E-state index in [-0.39, 0.29) is 11.8 Å². The van der Waals surface area contributed by atoms with Gasteiger partial charge in [0.25, 0.3) is 0 Å². The van der Waals surface area contributed by atoms with Crippen LogP contribution >= 0.6 is 0 Å². The third-order valence-electron chi connectivity index (χ3n) is 6.37. The van der Waals surface area contributed by atoms with E-state index in [1.165, 1.54) is 16.3 Å². The van der Waals surface area contributed by atoms with Crippen LogP contribution in [0.15, 0.2) is 43.0 Å². The second kappa shape index (κ2) is 7.03. The molecule has 2 N–H and O–H groups in total. The fraction of sp³-hybridized carbons (Fsp3) is 0.348. The molecule has 6 heteroatoms. The van der Waals surface area contributed by atoms with Crippen molar-refractivity contribution in [2.75, 3.05) is 7.05 Å². The summed E-state index contributed by atoms with van der Waals surface area (Å²) in [6, 6.07) is 6.53. The maximum Gasteiger partial charge on any atom is 0.222 e. The van der Waals surface area contributed by atoms with Crippen molar-refractivity contribution in [1.29, 1.82) is 0 Å². The lowest BCUT2D eigenvalue weighted by Crippen LogP contribution is -2.30. The van der Waals surface area contributed by atoms with Crippen LogP contribution in [-0.4, -0.2) is 32.7 Å². The number of nitrogens with one attached hydrogen (secondary N) is 2. The summed E-state index contributed by atoms with van der Waals surface area (Å²) in [6.07, 6.45) is 11.9. The Morgan fingerprint density at radius 2 is 2.00 bits per heavy atom. The molecule has 3 aromatic heterocycles. The average Bonchev–Trinajstić information content (AvgIpc) is 3.39. The van der Waals surface area contributed by atoms with Crippen molar-refractivity contribution < 1.29 is 4.79 Å². The van der Waals surface area contributed by atoms with Gasteiger partial charge in [-0.1, -0.05) is 12.1 Å². The van der Waals surface area contributed by atoms with Gasteiger partial charge in [0, 0.05) is 54.9 Å². The number of aromatic nitrogens is 4. The summed E-state index contributed by atoms with van der Waals surface area (Å²) in [5.74, 6) is 0.781. The molecule has 0 bridgehead atoms. The zero-order valence-corrected chi connectivity index (χ0v) is 16.8. The molecule has 1 aliphatic carbocycles.